The number of rotatable bonds is 4. The van der Waals surface area contributed by atoms with Gasteiger partial charge in [0.05, 0.1) is 11.5 Å². The van der Waals surface area contributed by atoms with Crippen LogP contribution in [0, 0.1) is 18.8 Å². The Bertz CT molecular complexity index is 524. The van der Waals surface area contributed by atoms with Gasteiger partial charge in [0.2, 0.25) is 5.91 Å². The second-order valence-electron chi connectivity index (χ2n) is 5.95. The highest BCUT2D eigenvalue weighted by Gasteiger charge is 2.36. The predicted molar refractivity (Wildman–Crippen MR) is 76.5 cm³/mol. The molecule has 2 atom stereocenters. The number of carbonyl (C=O) groups excluding carboxylic acids is 1. The topological polar surface area (TPSA) is 79.3 Å². The summed E-state index contributed by atoms with van der Waals surface area (Å²) in [5.74, 6) is -1.44. The van der Waals surface area contributed by atoms with Gasteiger partial charge in [-0.3, -0.25) is 9.59 Å². The van der Waals surface area contributed by atoms with Crippen molar-refractivity contribution in [1.82, 2.24) is 10.3 Å². The van der Waals surface area contributed by atoms with Crippen LogP contribution in [-0.4, -0.2) is 22.0 Å². The molecule has 1 heterocycles. The number of hydrogen-bond acceptors (Lipinski definition) is 4. The molecule has 1 amide bonds. The van der Waals surface area contributed by atoms with Gasteiger partial charge in [-0.25, -0.2) is 4.98 Å². The number of nitrogens with zero attached hydrogens (tertiary/aromatic N) is 1. The van der Waals surface area contributed by atoms with Crippen molar-refractivity contribution in [3.8, 4) is 0 Å². The highest BCUT2D eigenvalue weighted by atomic mass is 32.1. The van der Waals surface area contributed by atoms with Crippen molar-refractivity contribution in [2.45, 2.75) is 45.6 Å². The molecule has 0 spiro atoms. The molecule has 1 aliphatic carbocycles. The third-order valence-electron chi connectivity index (χ3n) is 3.74. The van der Waals surface area contributed by atoms with Crippen LogP contribution in [0.5, 0.6) is 0 Å². The number of aromatic nitrogens is 1. The molecular formula is C14H20N2O3S. The number of thiazole rings is 1. The molecule has 5 nitrogen and oxygen atoms in total. The van der Waals surface area contributed by atoms with E-state index in [9.17, 15) is 9.59 Å². The molecule has 0 saturated heterocycles. The third kappa shape index (κ3) is 3.17. The molecule has 2 rings (SSSR count). The molecule has 1 aliphatic rings. The van der Waals surface area contributed by atoms with Gasteiger partial charge in [-0.1, -0.05) is 0 Å². The number of carbonyl (C=O) groups is 2. The highest BCUT2D eigenvalue weighted by Crippen LogP contribution is 2.32. The molecule has 1 fully saturated rings. The molecule has 6 heteroatoms. The van der Waals surface area contributed by atoms with Crippen LogP contribution in [0.25, 0.3) is 0 Å². The van der Waals surface area contributed by atoms with Crippen molar-refractivity contribution in [3.63, 3.8) is 0 Å². The van der Waals surface area contributed by atoms with Crippen LogP contribution in [0.2, 0.25) is 0 Å². The van der Waals surface area contributed by atoms with E-state index in [1.165, 1.54) is 11.3 Å². The summed E-state index contributed by atoms with van der Waals surface area (Å²) in [6, 6.07) is 0. The average molecular weight is 296 g/mol. The van der Waals surface area contributed by atoms with Crippen LogP contribution in [0.15, 0.2) is 5.38 Å². The van der Waals surface area contributed by atoms with Crippen LogP contribution in [0.3, 0.4) is 0 Å². The maximum Gasteiger partial charge on any atom is 0.306 e. The van der Waals surface area contributed by atoms with Crippen LogP contribution >= 0.6 is 11.3 Å². The molecule has 1 saturated carbocycles. The minimum atomic E-state index is -0.796. The van der Waals surface area contributed by atoms with Crippen molar-refractivity contribution < 1.29 is 14.7 Å². The molecule has 20 heavy (non-hydrogen) atoms. The van der Waals surface area contributed by atoms with E-state index in [4.69, 9.17) is 5.11 Å². The molecule has 1 aromatic heterocycles. The van der Waals surface area contributed by atoms with Gasteiger partial charge in [0, 0.05) is 17.0 Å². The van der Waals surface area contributed by atoms with Gasteiger partial charge in [0.15, 0.2) is 0 Å². The average Bonchev–Trinajstić information content (AvgIpc) is 2.96. The summed E-state index contributed by atoms with van der Waals surface area (Å²) in [6.45, 7) is 5.77. The van der Waals surface area contributed by atoms with Gasteiger partial charge in [0.25, 0.3) is 0 Å². The Labute approximate surface area is 122 Å². The Hall–Kier alpha value is -1.43. The number of amides is 1. The third-order valence-corrected chi connectivity index (χ3v) is 5.03. The van der Waals surface area contributed by atoms with Crippen molar-refractivity contribution in [1.29, 1.82) is 0 Å². The molecule has 0 aliphatic heterocycles. The zero-order valence-electron chi connectivity index (χ0n) is 12.0. The maximum atomic E-state index is 12.3. The van der Waals surface area contributed by atoms with Gasteiger partial charge in [-0.05, 0) is 40.0 Å². The van der Waals surface area contributed by atoms with Gasteiger partial charge in [0.1, 0.15) is 5.01 Å². The van der Waals surface area contributed by atoms with E-state index in [0.717, 1.165) is 10.7 Å². The molecule has 110 valence electrons. The molecule has 1 aromatic rings. The predicted octanol–water partition coefficient (Wildman–Crippen LogP) is 2.30. The normalized spacial score (nSPS) is 22.8. The van der Waals surface area contributed by atoms with Crippen LogP contribution in [0.4, 0.5) is 0 Å². The molecule has 0 aromatic carbocycles. The summed E-state index contributed by atoms with van der Waals surface area (Å²) in [4.78, 5) is 27.6. The maximum absolute atomic E-state index is 12.3. The summed E-state index contributed by atoms with van der Waals surface area (Å²) >= 11 is 1.53. The van der Waals surface area contributed by atoms with Crippen LogP contribution in [0.1, 0.15) is 43.8 Å². The van der Waals surface area contributed by atoms with Gasteiger partial charge >= 0.3 is 5.97 Å². The Morgan fingerprint density at radius 1 is 1.40 bits per heavy atom. The Morgan fingerprint density at radius 2 is 2.05 bits per heavy atom. The summed E-state index contributed by atoms with van der Waals surface area (Å²) in [5.41, 5.74) is 0.427. The Kier molecular flexibility index (Phi) is 4.13. The quantitative estimate of drug-likeness (QED) is 0.893. The van der Waals surface area contributed by atoms with E-state index in [1.54, 1.807) is 0 Å². The smallest absolute Gasteiger partial charge is 0.306 e. The fourth-order valence-electron chi connectivity index (χ4n) is 2.55. The number of hydrogen-bond donors (Lipinski definition) is 2. The number of aryl methyl sites for hydroxylation is 1. The second-order valence-corrected chi connectivity index (χ2v) is 6.81. The summed E-state index contributed by atoms with van der Waals surface area (Å²) in [5, 5.41) is 14.8. The van der Waals surface area contributed by atoms with E-state index < -0.39 is 11.5 Å². The van der Waals surface area contributed by atoms with Crippen molar-refractivity contribution in [2.75, 3.05) is 0 Å². The summed E-state index contributed by atoms with van der Waals surface area (Å²) in [7, 11) is 0. The Balaban J connectivity index is 1.99. The van der Waals surface area contributed by atoms with Crippen molar-refractivity contribution in [3.05, 3.63) is 16.1 Å². The zero-order valence-corrected chi connectivity index (χ0v) is 12.8. The Morgan fingerprint density at radius 3 is 2.55 bits per heavy atom. The van der Waals surface area contributed by atoms with E-state index in [2.05, 4.69) is 10.3 Å². The van der Waals surface area contributed by atoms with E-state index >= 15 is 0 Å². The standard InChI is InChI=1S/C14H20N2O3S/c1-8-7-20-13(15-8)14(2,3)16-11(17)9-4-5-10(6-9)12(18)19/h7,9-10H,4-6H2,1-3H3,(H,16,17)(H,18,19)/t9-,10+/m1/s1. The van der Waals surface area contributed by atoms with Gasteiger partial charge in [-0.15, -0.1) is 11.3 Å². The minimum absolute atomic E-state index is 0.0633. The lowest BCUT2D eigenvalue weighted by Crippen LogP contribution is -2.43. The SMILES string of the molecule is Cc1csc(C(C)(C)NC(=O)[C@@H]2CC[C@H](C(=O)O)C2)n1. The first-order chi connectivity index (χ1) is 9.29. The fourth-order valence-corrected chi connectivity index (χ4v) is 3.43. The number of nitrogens with one attached hydrogen (secondary N) is 1. The lowest BCUT2D eigenvalue weighted by Gasteiger charge is -2.25. The monoisotopic (exact) mass is 296 g/mol. The van der Waals surface area contributed by atoms with Gasteiger partial charge < -0.3 is 10.4 Å². The zero-order chi connectivity index (χ0) is 14.9. The number of carboxylic acid groups (broad SMARTS) is 1. The lowest BCUT2D eigenvalue weighted by atomic mass is 10.0. The first-order valence-electron chi connectivity index (χ1n) is 6.77. The summed E-state index contributed by atoms with van der Waals surface area (Å²) < 4.78 is 0. The van der Waals surface area contributed by atoms with Crippen LogP contribution in [-0.2, 0) is 15.1 Å². The number of carboxylic acids is 1. The van der Waals surface area contributed by atoms with Gasteiger partial charge in [-0.2, -0.15) is 0 Å². The first kappa shape index (κ1) is 15.0. The molecule has 0 radical (unpaired) electrons. The molecule has 0 bridgehead atoms. The van der Waals surface area contributed by atoms with Crippen LogP contribution < -0.4 is 5.32 Å². The molecule has 0 unspecified atom stereocenters. The number of aliphatic carboxylic acids is 1. The second kappa shape index (κ2) is 5.52. The molecular weight excluding hydrogens is 276 g/mol. The first-order valence-corrected chi connectivity index (χ1v) is 7.65. The largest absolute Gasteiger partial charge is 0.481 e. The van der Waals surface area contributed by atoms with Crippen molar-refractivity contribution >= 4 is 23.2 Å². The minimum Gasteiger partial charge on any atom is -0.481 e. The molecule has 2 N–H and O–H groups in total. The summed E-state index contributed by atoms with van der Waals surface area (Å²) in [6.07, 6.45) is 1.67. The van der Waals surface area contributed by atoms with E-state index in [1.807, 2.05) is 26.2 Å². The fraction of sp³-hybridized carbons (Fsp3) is 0.643. The highest BCUT2D eigenvalue weighted by molar-refractivity contribution is 7.09. The van der Waals surface area contributed by atoms with Crippen molar-refractivity contribution in [2.24, 2.45) is 11.8 Å². The van der Waals surface area contributed by atoms with E-state index in [-0.39, 0.29) is 17.7 Å². The lowest BCUT2D eigenvalue weighted by molar-refractivity contribution is -0.141. The van der Waals surface area contributed by atoms with E-state index in [0.29, 0.717) is 19.3 Å².